The molecule has 1 heterocycles. The second kappa shape index (κ2) is 16.3. The molecule has 1 aromatic heterocycles. The van der Waals surface area contributed by atoms with E-state index in [1.165, 1.54) is 48.7 Å². The van der Waals surface area contributed by atoms with E-state index >= 15 is 0 Å². The Morgan fingerprint density at radius 3 is 1.30 bits per heavy atom. The minimum absolute atomic E-state index is 0.586. The van der Waals surface area contributed by atoms with E-state index in [4.69, 9.17) is 15.0 Å². The zero-order valence-electron chi connectivity index (χ0n) is 35.7. The minimum atomic E-state index is 0.586. The van der Waals surface area contributed by atoms with Crippen molar-refractivity contribution in [1.29, 1.82) is 5.26 Å². The summed E-state index contributed by atoms with van der Waals surface area (Å²) in [5, 5.41) is 20.0. The van der Waals surface area contributed by atoms with Gasteiger partial charge in [-0.05, 0) is 106 Å². The number of nitrogens with zero attached hydrogens (tertiary/aromatic N) is 4. The lowest BCUT2D eigenvalue weighted by Gasteiger charge is -2.15. The van der Waals surface area contributed by atoms with E-state index < -0.39 is 0 Å². The Morgan fingerprint density at radius 1 is 0.258 bits per heavy atom. The van der Waals surface area contributed by atoms with Crippen LogP contribution >= 0.6 is 0 Å². The maximum atomic E-state index is 10.3. The molecule has 12 aromatic rings. The predicted octanol–water partition coefficient (Wildman–Crippen LogP) is 16.0. The molecule has 306 valence electrons. The van der Waals surface area contributed by atoms with Crippen LogP contribution in [0.2, 0.25) is 0 Å². The topological polar surface area (TPSA) is 62.5 Å². The first-order valence-corrected chi connectivity index (χ1v) is 22.1. The third-order valence-corrected chi connectivity index (χ3v) is 12.8. The summed E-state index contributed by atoms with van der Waals surface area (Å²) in [5.41, 5.74) is 11.8. The fourth-order valence-corrected chi connectivity index (χ4v) is 9.53. The summed E-state index contributed by atoms with van der Waals surface area (Å²) in [5.74, 6) is 1.80. The zero-order chi connectivity index (χ0) is 44.0. The van der Waals surface area contributed by atoms with Crippen molar-refractivity contribution in [2.45, 2.75) is 0 Å². The van der Waals surface area contributed by atoms with Crippen molar-refractivity contribution in [1.82, 2.24) is 15.0 Å². The molecule has 12 rings (SSSR count). The van der Waals surface area contributed by atoms with Crippen molar-refractivity contribution in [3.8, 4) is 84.7 Å². The van der Waals surface area contributed by atoms with Gasteiger partial charge >= 0.3 is 0 Å². The Kier molecular flexibility index (Phi) is 9.51. The van der Waals surface area contributed by atoms with Gasteiger partial charge in [0.2, 0.25) is 0 Å². The van der Waals surface area contributed by atoms with Crippen LogP contribution in [0.1, 0.15) is 5.56 Å². The molecule has 4 heteroatoms. The fraction of sp³-hybridized carbons (Fsp3) is 0. The van der Waals surface area contributed by atoms with Crippen molar-refractivity contribution in [3.05, 3.63) is 236 Å². The summed E-state index contributed by atoms with van der Waals surface area (Å²) in [6.45, 7) is 0. The smallest absolute Gasteiger partial charge is 0.164 e. The highest BCUT2D eigenvalue weighted by Gasteiger charge is 2.18. The second-order valence-corrected chi connectivity index (χ2v) is 16.6. The SMILES string of the molecule is N#Cc1ccc(-c2ccc(-c3nc(-c4ccccc4)nc(-c4ccccc4-c4cc5ccccc5c5ccccc45)n3)cc2)cc1-c1ccc(-c2cc3ccccc3c3ccccc23)cc1. The van der Waals surface area contributed by atoms with Gasteiger partial charge < -0.3 is 0 Å². The molecule has 0 N–H and O–H groups in total. The number of hydrogen-bond donors (Lipinski definition) is 0. The fourth-order valence-electron chi connectivity index (χ4n) is 9.53. The van der Waals surface area contributed by atoms with Crippen LogP contribution in [0.15, 0.2) is 231 Å². The highest BCUT2D eigenvalue weighted by atomic mass is 15.0. The standard InChI is InChI=1S/C62H38N4/c63-39-48-35-34-45(36-57(48)41-28-30-42(31-29-41)58-37-46-16-4-6-18-49(46)51-20-8-10-22-53(51)58)40-26-32-44(33-27-40)61-64-60(43-14-2-1-3-15-43)65-62(66-61)56-25-13-12-24-55(56)59-38-47-17-5-7-19-50(47)52-21-9-11-23-54(52)59/h1-38H. The van der Waals surface area contributed by atoms with Crippen molar-refractivity contribution < 1.29 is 0 Å². The van der Waals surface area contributed by atoms with Crippen LogP contribution in [0, 0.1) is 11.3 Å². The molecule has 0 unspecified atom stereocenters. The summed E-state index contributed by atoms with van der Waals surface area (Å²) in [6, 6.07) is 82.9. The lowest BCUT2D eigenvalue weighted by Crippen LogP contribution is -2.01. The van der Waals surface area contributed by atoms with E-state index in [9.17, 15) is 5.26 Å². The number of nitriles is 1. The number of aromatic nitrogens is 3. The van der Waals surface area contributed by atoms with Gasteiger partial charge in [0.15, 0.2) is 17.5 Å². The molecule has 0 spiro atoms. The lowest BCUT2D eigenvalue weighted by atomic mass is 9.91. The molecule has 0 aliphatic heterocycles. The maximum absolute atomic E-state index is 10.3. The minimum Gasteiger partial charge on any atom is -0.208 e. The molecule has 0 aliphatic rings. The molecule has 0 bridgehead atoms. The van der Waals surface area contributed by atoms with Crippen molar-refractivity contribution in [2.75, 3.05) is 0 Å². The summed E-state index contributed by atoms with van der Waals surface area (Å²) < 4.78 is 0. The van der Waals surface area contributed by atoms with Crippen LogP contribution < -0.4 is 0 Å². The Morgan fingerprint density at radius 2 is 0.682 bits per heavy atom. The molecular formula is C62H38N4. The molecule has 0 atom stereocenters. The van der Waals surface area contributed by atoms with Crippen LogP contribution in [0.3, 0.4) is 0 Å². The molecular weight excluding hydrogens is 801 g/mol. The third-order valence-electron chi connectivity index (χ3n) is 12.8. The molecule has 4 nitrogen and oxygen atoms in total. The largest absolute Gasteiger partial charge is 0.208 e. The molecule has 0 saturated carbocycles. The van der Waals surface area contributed by atoms with Gasteiger partial charge in [0.05, 0.1) is 11.6 Å². The van der Waals surface area contributed by atoms with Gasteiger partial charge in [-0.1, -0.05) is 206 Å². The predicted molar refractivity (Wildman–Crippen MR) is 273 cm³/mol. The van der Waals surface area contributed by atoms with E-state index in [-0.39, 0.29) is 0 Å². The molecule has 11 aromatic carbocycles. The van der Waals surface area contributed by atoms with Crippen LogP contribution in [-0.4, -0.2) is 15.0 Å². The maximum Gasteiger partial charge on any atom is 0.164 e. The molecule has 0 radical (unpaired) electrons. The van der Waals surface area contributed by atoms with Crippen LogP contribution in [-0.2, 0) is 0 Å². The van der Waals surface area contributed by atoms with E-state index in [2.05, 4.69) is 194 Å². The van der Waals surface area contributed by atoms with Crippen LogP contribution in [0.5, 0.6) is 0 Å². The molecule has 0 aliphatic carbocycles. The van der Waals surface area contributed by atoms with Gasteiger partial charge in [-0.3, -0.25) is 0 Å². The Balaban J connectivity index is 0.914. The first-order chi connectivity index (χ1) is 32.7. The molecule has 0 amide bonds. The average Bonchev–Trinajstić information content (AvgIpc) is 3.40. The summed E-state index contributed by atoms with van der Waals surface area (Å²) in [7, 11) is 0. The summed E-state index contributed by atoms with van der Waals surface area (Å²) in [6.07, 6.45) is 0. The molecule has 66 heavy (non-hydrogen) atoms. The first-order valence-electron chi connectivity index (χ1n) is 22.1. The molecule has 0 fully saturated rings. The number of fused-ring (bicyclic) bond motifs is 6. The zero-order valence-corrected chi connectivity index (χ0v) is 35.7. The monoisotopic (exact) mass is 838 g/mol. The Hall–Kier alpha value is -9.04. The number of rotatable bonds is 7. The van der Waals surface area contributed by atoms with E-state index in [0.29, 0.717) is 23.0 Å². The highest BCUT2D eigenvalue weighted by Crippen LogP contribution is 2.41. The van der Waals surface area contributed by atoms with Gasteiger partial charge in [-0.2, -0.15) is 5.26 Å². The Labute approximate surface area is 382 Å². The van der Waals surface area contributed by atoms with E-state index in [1.54, 1.807) is 0 Å². The normalized spacial score (nSPS) is 11.3. The van der Waals surface area contributed by atoms with Gasteiger partial charge in [-0.15, -0.1) is 0 Å². The Bertz CT molecular complexity index is 3870. The highest BCUT2D eigenvalue weighted by molar-refractivity contribution is 6.15. The summed E-state index contributed by atoms with van der Waals surface area (Å²) >= 11 is 0. The van der Waals surface area contributed by atoms with Crippen LogP contribution in [0.25, 0.3) is 122 Å². The first kappa shape index (κ1) is 38.6. The lowest BCUT2D eigenvalue weighted by molar-refractivity contribution is 1.07. The van der Waals surface area contributed by atoms with Gasteiger partial charge in [0.1, 0.15) is 0 Å². The second-order valence-electron chi connectivity index (χ2n) is 16.6. The van der Waals surface area contributed by atoms with Gasteiger partial charge in [0, 0.05) is 22.3 Å². The van der Waals surface area contributed by atoms with Crippen molar-refractivity contribution in [3.63, 3.8) is 0 Å². The quantitative estimate of drug-likeness (QED) is 0.150. The van der Waals surface area contributed by atoms with E-state index in [1.807, 2.05) is 42.5 Å². The number of benzene rings is 11. The van der Waals surface area contributed by atoms with Gasteiger partial charge in [0.25, 0.3) is 0 Å². The third kappa shape index (κ3) is 6.84. The summed E-state index contributed by atoms with van der Waals surface area (Å²) in [4.78, 5) is 15.4. The van der Waals surface area contributed by atoms with Crippen LogP contribution in [0.4, 0.5) is 0 Å². The van der Waals surface area contributed by atoms with E-state index in [0.717, 1.165) is 55.6 Å². The van der Waals surface area contributed by atoms with Gasteiger partial charge in [-0.25, -0.2) is 15.0 Å². The van der Waals surface area contributed by atoms with Crippen molar-refractivity contribution in [2.24, 2.45) is 0 Å². The molecule has 0 saturated heterocycles. The number of hydrogen-bond acceptors (Lipinski definition) is 4. The average molecular weight is 839 g/mol. The van der Waals surface area contributed by atoms with Crippen molar-refractivity contribution >= 4 is 43.1 Å².